The molecule has 2 heterocycles. The molecular weight excluding hydrogens is 362 g/mol. The Morgan fingerprint density at radius 3 is 2.32 bits per heavy atom. The number of hydrogen-bond acceptors (Lipinski definition) is 4. The van der Waals surface area contributed by atoms with Crippen LogP contribution in [0.15, 0.2) is 35.2 Å². The summed E-state index contributed by atoms with van der Waals surface area (Å²) in [6.45, 7) is 1.81. The Morgan fingerprint density at radius 1 is 1.08 bits per heavy atom. The van der Waals surface area contributed by atoms with E-state index in [1.165, 1.54) is 4.31 Å². The maximum atomic E-state index is 12.9. The summed E-state index contributed by atoms with van der Waals surface area (Å²) < 4.78 is 27.1. The van der Waals surface area contributed by atoms with Crippen LogP contribution >= 0.6 is 12.4 Å². The summed E-state index contributed by atoms with van der Waals surface area (Å²) in [6.07, 6.45) is 3.17. The van der Waals surface area contributed by atoms with Crippen molar-refractivity contribution in [1.29, 1.82) is 0 Å². The quantitative estimate of drug-likeness (QED) is 0.849. The van der Waals surface area contributed by atoms with Crippen molar-refractivity contribution >= 4 is 28.3 Å². The Bertz CT molecular complexity index is 676. The van der Waals surface area contributed by atoms with E-state index in [9.17, 15) is 13.2 Å². The van der Waals surface area contributed by atoms with Crippen molar-refractivity contribution in [3.63, 3.8) is 0 Å². The van der Waals surface area contributed by atoms with Crippen LogP contribution in [0.1, 0.15) is 25.7 Å². The standard InChI is InChI=1S/C17H25N3O3S.ClH/c1-18-14-9-12-19(13-10-14)17(21)16-8-5-11-20(16)24(22,23)15-6-3-2-4-7-15;/h2-4,6-7,14,16,18H,5,8-13H2,1H3;1H. The molecule has 0 radical (unpaired) electrons. The minimum Gasteiger partial charge on any atom is -0.341 e. The van der Waals surface area contributed by atoms with Gasteiger partial charge in [0.05, 0.1) is 4.90 Å². The number of sulfonamides is 1. The molecule has 0 spiro atoms. The number of benzene rings is 1. The maximum absolute atomic E-state index is 12.9. The molecule has 2 aliphatic rings. The third kappa shape index (κ3) is 4.16. The van der Waals surface area contributed by atoms with Crippen molar-refractivity contribution < 1.29 is 13.2 Å². The molecular formula is C17H26ClN3O3S. The van der Waals surface area contributed by atoms with Crippen LogP contribution in [0, 0.1) is 0 Å². The van der Waals surface area contributed by atoms with Crippen molar-refractivity contribution in [2.45, 2.75) is 42.7 Å². The van der Waals surface area contributed by atoms with Crippen LogP contribution in [0.4, 0.5) is 0 Å². The monoisotopic (exact) mass is 387 g/mol. The topological polar surface area (TPSA) is 69.7 Å². The van der Waals surface area contributed by atoms with Crippen molar-refractivity contribution in [1.82, 2.24) is 14.5 Å². The second kappa shape index (κ2) is 8.49. The highest BCUT2D eigenvalue weighted by Gasteiger charge is 2.41. The fourth-order valence-electron chi connectivity index (χ4n) is 3.60. The molecule has 6 nitrogen and oxygen atoms in total. The van der Waals surface area contributed by atoms with E-state index in [2.05, 4.69) is 5.32 Å². The van der Waals surface area contributed by atoms with Gasteiger partial charge in [0.1, 0.15) is 6.04 Å². The van der Waals surface area contributed by atoms with Gasteiger partial charge in [-0.1, -0.05) is 18.2 Å². The summed E-state index contributed by atoms with van der Waals surface area (Å²) in [6, 6.07) is 8.28. The highest BCUT2D eigenvalue weighted by Crippen LogP contribution is 2.28. The zero-order valence-corrected chi connectivity index (χ0v) is 16.1. The van der Waals surface area contributed by atoms with E-state index in [1.807, 2.05) is 11.9 Å². The minimum absolute atomic E-state index is 0. The average molecular weight is 388 g/mol. The van der Waals surface area contributed by atoms with E-state index in [1.54, 1.807) is 30.3 Å². The summed E-state index contributed by atoms with van der Waals surface area (Å²) in [5, 5.41) is 3.24. The van der Waals surface area contributed by atoms with Crippen LogP contribution in [0.5, 0.6) is 0 Å². The molecule has 8 heteroatoms. The van der Waals surface area contributed by atoms with Crippen LogP contribution in [0.2, 0.25) is 0 Å². The average Bonchev–Trinajstić information content (AvgIpc) is 3.12. The number of amides is 1. The number of carbonyl (C=O) groups is 1. The predicted octanol–water partition coefficient (Wildman–Crippen LogP) is 1.47. The lowest BCUT2D eigenvalue weighted by molar-refractivity contribution is -0.135. The zero-order valence-electron chi connectivity index (χ0n) is 14.4. The van der Waals surface area contributed by atoms with E-state index in [0.29, 0.717) is 32.1 Å². The summed E-state index contributed by atoms with van der Waals surface area (Å²) in [7, 11) is -1.68. The number of rotatable bonds is 4. The van der Waals surface area contributed by atoms with Gasteiger partial charge in [-0.15, -0.1) is 12.4 Å². The third-order valence-electron chi connectivity index (χ3n) is 5.05. The van der Waals surface area contributed by atoms with Gasteiger partial charge < -0.3 is 10.2 Å². The lowest BCUT2D eigenvalue weighted by Gasteiger charge is -2.35. The van der Waals surface area contributed by atoms with Crippen molar-refractivity contribution in [3.8, 4) is 0 Å². The molecule has 1 atom stereocenters. The van der Waals surface area contributed by atoms with Crippen LogP contribution in [0.25, 0.3) is 0 Å². The van der Waals surface area contributed by atoms with Gasteiger partial charge in [0, 0.05) is 25.7 Å². The lowest BCUT2D eigenvalue weighted by Crippen LogP contribution is -2.51. The van der Waals surface area contributed by atoms with E-state index >= 15 is 0 Å². The number of carbonyl (C=O) groups excluding carboxylic acids is 1. The Balaban J connectivity index is 0.00000225. The molecule has 1 N–H and O–H groups in total. The molecule has 3 rings (SSSR count). The number of hydrogen-bond donors (Lipinski definition) is 1. The molecule has 1 aromatic rings. The number of nitrogens with zero attached hydrogens (tertiary/aromatic N) is 2. The summed E-state index contributed by atoms with van der Waals surface area (Å²) >= 11 is 0. The molecule has 1 unspecified atom stereocenters. The minimum atomic E-state index is -3.61. The zero-order chi connectivity index (χ0) is 17.2. The van der Waals surface area contributed by atoms with Gasteiger partial charge in [-0.3, -0.25) is 4.79 Å². The Morgan fingerprint density at radius 2 is 1.72 bits per heavy atom. The summed E-state index contributed by atoms with van der Waals surface area (Å²) in [5.41, 5.74) is 0. The third-order valence-corrected chi connectivity index (χ3v) is 6.98. The molecule has 1 amide bonds. The van der Waals surface area contributed by atoms with Gasteiger partial charge in [0.25, 0.3) is 0 Å². The molecule has 25 heavy (non-hydrogen) atoms. The first-order valence-corrected chi connectivity index (χ1v) is 10.0. The molecule has 140 valence electrons. The first-order chi connectivity index (χ1) is 11.5. The Hall–Kier alpha value is -1.15. The molecule has 0 aliphatic carbocycles. The molecule has 2 fully saturated rings. The SMILES string of the molecule is CNC1CCN(C(=O)C2CCCN2S(=O)(=O)c2ccccc2)CC1.Cl. The van der Waals surface area contributed by atoms with Crippen molar-refractivity contribution in [2.75, 3.05) is 26.7 Å². The predicted molar refractivity (Wildman–Crippen MR) is 99.3 cm³/mol. The second-order valence-corrected chi connectivity index (χ2v) is 8.37. The number of likely N-dealkylation sites (tertiary alicyclic amines) is 1. The van der Waals surface area contributed by atoms with Crippen LogP contribution in [0.3, 0.4) is 0 Å². The smallest absolute Gasteiger partial charge is 0.243 e. The van der Waals surface area contributed by atoms with Crippen LogP contribution < -0.4 is 5.32 Å². The first kappa shape index (κ1) is 20.2. The fourth-order valence-corrected chi connectivity index (χ4v) is 5.27. The first-order valence-electron chi connectivity index (χ1n) is 8.57. The number of piperidine rings is 1. The normalized spacial score (nSPS) is 22.6. The summed E-state index contributed by atoms with van der Waals surface area (Å²) in [4.78, 5) is 15.0. The number of halogens is 1. The van der Waals surface area contributed by atoms with Crippen molar-refractivity contribution in [3.05, 3.63) is 30.3 Å². The van der Waals surface area contributed by atoms with E-state index in [0.717, 1.165) is 19.3 Å². The maximum Gasteiger partial charge on any atom is 0.243 e. The van der Waals surface area contributed by atoms with E-state index in [4.69, 9.17) is 0 Å². The van der Waals surface area contributed by atoms with Gasteiger partial charge in [0.15, 0.2) is 0 Å². The number of nitrogens with one attached hydrogen (secondary N) is 1. The largest absolute Gasteiger partial charge is 0.341 e. The van der Waals surface area contributed by atoms with E-state index < -0.39 is 16.1 Å². The van der Waals surface area contributed by atoms with Gasteiger partial charge in [-0.2, -0.15) is 4.31 Å². The molecule has 0 aromatic heterocycles. The van der Waals surface area contributed by atoms with Crippen molar-refractivity contribution in [2.24, 2.45) is 0 Å². The van der Waals surface area contributed by atoms with Crippen LogP contribution in [-0.4, -0.2) is 62.3 Å². The molecule has 2 aliphatic heterocycles. The molecule has 0 saturated carbocycles. The Kier molecular flexibility index (Phi) is 6.85. The molecule has 0 bridgehead atoms. The molecule has 2 saturated heterocycles. The van der Waals surface area contributed by atoms with Gasteiger partial charge in [0.2, 0.25) is 15.9 Å². The van der Waals surface area contributed by atoms with Crippen LogP contribution in [-0.2, 0) is 14.8 Å². The van der Waals surface area contributed by atoms with Gasteiger partial charge >= 0.3 is 0 Å². The highest BCUT2D eigenvalue weighted by atomic mass is 35.5. The second-order valence-electron chi connectivity index (χ2n) is 6.48. The molecule has 1 aromatic carbocycles. The van der Waals surface area contributed by atoms with E-state index in [-0.39, 0.29) is 23.2 Å². The van der Waals surface area contributed by atoms with Gasteiger partial charge in [-0.25, -0.2) is 8.42 Å². The Labute approximate surface area is 156 Å². The fraction of sp³-hybridized carbons (Fsp3) is 0.588. The summed E-state index contributed by atoms with van der Waals surface area (Å²) in [5.74, 6) is -0.0402. The highest BCUT2D eigenvalue weighted by molar-refractivity contribution is 7.89. The van der Waals surface area contributed by atoms with Gasteiger partial charge in [-0.05, 0) is 44.9 Å². The lowest BCUT2D eigenvalue weighted by atomic mass is 10.0.